The summed E-state index contributed by atoms with van der Waals surface area (Å²) in [5.41, 5.74) is 0. The number of hydrogen-bond acceptors (Lipinski definition) is 4. The van der Waals surface area contributed by atoms with Crippen molar-refractivity contribution < 1.29 is 4.52 Å². The first-order valence-corrected chi connectivity index (χ1v) is 3.97. The van der Waals surface area contributed by atoms with Crippen molar-refractivity contribution in [3.05, 3.63) is 12.2 Å². The van der Waals surface area contributed by atoms with E-state index in [1.807, 2.05) is 0 Å². The second-order valence-corrected chi connectivity index (χ2v) is 2.78. The average Bonchev–Trinajstić information content (AvgIpc) is 2.58. The summed E-state index contributed by atoms with van der Waals surface area (Å²) < 4.78 is 4.95. The summed E-state index contributed by atoms with van der Waals surface area (Å²) in [6, 6.07) is 0.297. The van der Waals surface area contributed by atoms with Gasteiger partial charge in [0.15, 0.2) is 6.33 Å². The number of nitrogens with zero attached hydrogens (tertiary/aromatic N) is 2. The number of nitrogens with one attached hydrogen (secondary N) is 1. The summed E-state index contributed by atoms with van der Waals surface area (Å²) in [4.78, 5) is 4.00. The lowest BCUT2D eigenvalue weighted by atomic mass is 10.1. The van der Waals surface area contributed by atoms with Gasteiger partial charge in [0.1, 0.15) is 0 Å². The highest BCUT2D eigenvalue weighted by Crippen LogP contribution is 2.19. The lowest BCUT2D eigenvalue weighted by Gasteiger charge is -2.19. The zero-order valence-corrected chi connectivity index (χ0v) is 6.29. The molecule has 0 spiro atoms. The topological polar surface area (TPSA) is 51.0 Å². The highest BCUT2D eigenvalue weighted by Gasteiger charge is 2.18. The fraction of sp³-hybridized carbons (Fsp3) is 0.714. The maximum Gasteiger partial charge on any atom is 0.243 e. The van der Waals surface area contributed by atoms with Crippen molar-refractivity contribution in [2.45, 2.75) is 25.3 Å². The van der Waals surface area contributed by atoms with Crippen molar-refractivity contribution in [3.8, 4) is 0 Å². The fourth-order valence-corrected chi connectivity index (χ4v) is 1.40. The third kappa shape index (κ3) is 1.40. The number of aromatic nitrogens is 2. The summed E-state index contributed by atoms with van der Waals surface area (Å²) in [6.07, 6.45) is 5.07. The molecule has 0 aliphatic carbocycles. The Morgan fingerprint density at radius 1 is 1.55 bits per heavy atom. The number of hydrogen-bond donors (Lipinski definition) is 1. The number of piperidine rings is 1. The van der Waals surface area contributed by atoms with Crippen LogP contribution in [0.4, 0.5) is 0 Å². The lowest BCUT2D eigenvalue weighted by molar-refractivity contribution is 0.297. The summed E-state index contributed by atoms with van der Waals surface area (Å²) in [5.74, 6) is 0.727. The molecule has 4 heteroatoms. The van der Waals surface area contributed by atoms with Gasteiger partial charge in [0.2, 0.25) is 5.89 Å². The van der Waals surface area contributed by atoms with Crippen molar-refractivity contribution in [2.75, 3.05) is 6.54 Å². The van der Waals surface area contributed by atoms with Crippen LogP contribution >= 0.6 is 0 Å². The van der Waals surface area contributed by atoms with Gasteiger partial charge in [-0.15, -0.1) is 0 Å². The van der Waals surface area contributed by atoms with Crippen LogP contribution < -0.4 is 5.32 Å². The molecule has 1 saturated heterocycles. The minimum atomic E-state index is 0.297. The zero-order valence-electron chi connectivity index (χ0n) is 6.29. The van der Waals surface area contributed by atoms with Gasteiger partial charge in [0, 0.05) is 0 Å². The third-order valence-electron chi connectivity index (χ3n) is 1.99. The van der Waals surface area contributed by atoms with E-state index in [9.17, 15) is 0 Å². The highest BCUT2D eigenvalue weighted by atomic mass is 16.5. The molecule has 2 heterocycles. The van der Waals surface area contributed by atoms with Crippen molar-refractivity contribution in [1.29, 1.82) is 0 Å². The van der Waals surface area contributed by atoms with Crippen LogP contribution in [0.5, 0.6) is 0 Å². The summed E-state index contributed by atoms with van der Waals surface area (Å²) >= 11 is 0. The van der Waals surface area contributed by atoms with Crippen LogP contribution in [0.2, 0.25) is 0 Å². The van der Waals surface area contributed by atoms with E-state index in [4.69, 9.17) is 4.52 Å². The molecule has 0 aromatic carbocycles. The molecule has 1 fully saturated rings. The van der Waals surface area contributed by atoms with E-state index in [1.54, 1.807) is 0 Å². The van der Waals surface area contributed by atoms with Gasteiger partial charge >= 0.3 is 0 Å². The molecule has 11 heavy (non-hydrogen) atoms. The standard InChI is InChI=1S/C7H11N3O/c1-2-4-8-6(3-1)7-9-5-10-11-7/h5-6,8H,1-4H2/t6-/m1/s1. The minimum Gasteiger partial charge on any atom is -0.338 e. The van der Waals surface area contributed by atoms with Crippen LogP contribution in [-0.4, -0.2) is 16.7 Å². The van der Waals surface area contributed by atoms with E-state index >= 15 is 0 Å². The Hall–Kier alpha value is -0.900. The molecule has 1 aliphatic rings. The van der Waals surface area contributed by atoms with Crippen LogP contribution in [0.3, 0.4) is 0 Å². The molecule has 0 unspecified atom stereocenters. The largest absolute Gasteiger partial charge is 0.338 e. The molecule has 1 N–H and O–H groups in total. The normalized spacial score (nSPS) is 25.3. The highest BCUT2D eigenvalue weighted by molar-refractivity contribution is 4.88. The fourth-order valence-electron chi connectivity index (χ4n) is 1.40. The van der Waals surface area contributed by atoms with Crippen LogP contribution in [0, 0.1) is 0 Å². The molecule has 1 aromatic rings. The molecule has 2 rings (SSSR count). The molecule has 60 valence electrons. The Bertz CT molecular complexity index is 203. The Morgan fingerprint density at radius 3 is 3.18 bits per heavy atom. The van der Waals surface area contributed by atoms with E-state index in [-0.39, 0.29) is 0 Å². The van der Waals surface area contributed by atoms with Crippen molar-refractivity contribution >= 4 is 0 Å². The Kier molecular flexibility index (Phi) is 1.85. The molecule has 4 nitrogen and oxygen atoms in total. The summed E-state index contributed by atoms with van der Waals surface area (Å²) in [7, 11) is 0. The maximum atomic E-state index is 4.95. The minimum absolute atomic E-state index is 0.297. The van der Waals surface area contributed by atoms with E-state index in [1.165, 1.54) is 19.2 Å². The maximum absolute atomic E-state index is 4.95. The van der Waals surface area contributed by atoms with E-state index in [0.717, 1.165) is 18.9 Å². The van der Waals surface area contributed by atoms with Gasteiger partial charge in [-0.2, -0.15) is 4.98 Å². The van der Waals surface area contributed by atoms with Crippen LogP contribution in [-0.2, 0) is 0 Å². The van der Waals surface area contributed by atoms with Gasteiger partial charge in [0.05, 0.1) is 6.04 Å². The predicted octanol–water partition coefficient (Wildman–Crippen LogP) is 0.884. The molecular weight excluding hydrogens is 142 g/mol. The number of rotatable bonds is 1. The zero-order chi connectivity index (χ0) is 7.52. The molecule has 0 radical (unpaired) electrons. The molecule has 0 amide bonds. The smallest absolute Gasteiger partial charge is 0.243 e. The van der Waals surface area contributed by atoms with E-state index in [2.05, 4.69) is 15.5 Å². The second-order valence-electron chi connectivity index (χ2n) is 2.78. The average molecular weight is 153 g/mol. The van der Waals surface area contributed by atoms with E-state index in [0.29, 0.717) is 6.04 Å². The molecule has 0 bridgehead atoms. The molecule has 1 aromatic heterocycles. The molecule has 1 aliphatic heterocycles. The lowest BCUT2D eigenvalue weighted by Crippen LogP contribution is -2.26. The Balaban J connectivity index is 2.04. The van der Waals surface area contributed by atoms with Crippen molar-refractivity contribution in [1.82, 2.24) is 15.5 Å². The first kappa shape index (κ1) is 6.79. The van der Waals surface area contributed by atoms with Crippen LogP contribution in [0.25, 0.3) is 0 Å². The first-order chi connectivity index (χ1) is 5.47. The van der Waals surface area contributed by atoms with Crippen LogP contribution in [0.15, 0.2) is 10.9 Å². The molecule has 0 saturated carbocycles. The summed E-state index contributed by atoms with van der Waals surface area (Å²) in [6.45, 7) is 1.06. The van der Waals surface area contributed by atoms with Gasteiger partial charge in [-0.1, -0.05) is 11.6 Å². The molecule has 1 atom stereocenters. The van der Waals surface area contributed by atoms with E-state index < -0.39 is 0 Å². The Morgan fingerprint density at radius 2 is 2.55 bits per heavy atom. The SMILES string of the molecule is c1noc([C@H]2CCCCN2)n1. The Labute approximate surface area is 65.0 Å². The van der Waals surface area contributed by atoms with Gasteiger partial charge in [-0.05, 0) is 19.4 Å². The predicted molar refractivity (Wildman–Crippen MR) is 38.9 cm³/mol. The van der Waals surface area contributed by atoms with Gasteiger partial charge in [0.25, 0.3) is 0 Å². The first-order valence-electron chi connectivity index (χ1n) is 3.97. The third-order valence-corrected chi connectivity index (χ3v) is 1.99. The summed E-state index contributed by atoms with van der Waals surface area (Å²) in [5, 5.41) is 6.90. The van der Waals surface area contributed by atoms with Crippen molar-refractivity contribution in [3.63, 3.8) is 0 Å². The van der Waals surface area contributed by atoms with Crippen molar-refractivity contribution in [2.24, 2.45) is 0 Å². The molecular formula is C7H11N3O. The van der Waals surface area contributed by atoms with Crippen LogP contribution in [0.1, 0.15) is 31.2 Å². The van der Waals surface area contributed by atoms with Gasteiger partial charge in [-0.25, -0.2) is 0 Å². The van der Waals surface area contributed by atoms with Gasteiger partial charge < -0.3 is 9.84 Å². The second kappa shape index (κ2) is 3.00. The van der Waals surface area contributed by atoms with Gasteiger partial charge in [-0.3, -0.25) is 0 Å². The monoisotopic (exact) mass is 153 g/mol. The quantitative estimate of drug-likeness (QED) is 0.650.